The minimum absolute atomic E-state index is 0.170. The summed E-state index contributed by atoms with van der Waals surface area (Å²) in [6.07, 6.45) is 1.56. The lowest BCUT2D eigenvalue weighted by atomic mass is 10.3. The molecule has 8 heteroatoms. The van der Waals surface area contributed by atoms with E-state index in [9.17, 15) is 13.6 Å². The second-order valence-corrected chi connectivity index (χ2v) is 4.75. The molecule has 1 unspecified atom stereocenters. The summed E-state index contributed by atoms with van der Waals surface area (Å²) in [5, 5.41) is 3.64. The van der Waals surface area contributed by atoms with Crippen LogP contribution in [0.1, 0.15) is 5.82 Å². The van der Waals surface area contributed by atoms with Gasteiger partial charge >= 0.3 is 6.09 Å². The largest absolute Gasteiger partial charge is 0.447 e. The van der Waals surface area contributed by atoms with Crippen LogP contribution in [0.2, 0.25) is 0 Å². The van der Waals surface area contributed by atoms with Crippen LogP contribution in [0.3, 0.4) is 0 Å². The number of thioether (sulfide) groups is 1. The Hall–Kier alpha value is -1.83. The molecule has 0 bridgehead atoms. The fourth-order valence-corrected chi connectivity index (χ4v) is 2.38. The second kappa shape index (κ2) is 4.69. The zero-order chi connectivity index (χ0) is 13.4. The molecule has 2 aliphatic heterocycles. The number of amides is 1. The Bertz CT molecular complexity index is 541. The lowest BCUT2D eigenvalue weighted by Crippen LogP contribution is -2.38. The van der Waals surface area contributed by atoms with E-state index in [1.807, 2.05) is 10.8 Å². The molecule has 3 rings (SSSR count). The molecular weight excluding hydrogens is 276 g/mol. The minimum atomic E-state index is -2.67. The molecule has 1 amide bonds. The van der Waals surface area contributed by atoms with E-state index in [-0.39, 0.29) is 12.4 Å². The number of halogens is 2. The molecule has 1 saturated heterocycles. The van der Waals surface area contributed by atoms with Gasteiger partial charge in [0.1, 0.15) is 18.5 Å². The van der Waals surface area contributed by atoms with Gasteiger partial charge in [-0.15, -0.1) is 11.8 Å². The van der Waals surface area contributed by atoms with Gasteiger partial charge in [-0.25, -0.2) is 23.5 Å². The maximum Gasteiger partial charge on any atom is 0.416 e. The maximum absolute atomic E-state index is 12.9. The quantitative estimate of drug-likeness (QED) is 0.838. The van der Waals surface area contributed by atoms with Crippen LogP contribution in [-0.2, 0) is 4.74 Å². The SMILES string of the molecule is O=C1OCC(C(F)F)N1c1cn2c(n1)C=CSC=C2. The van der Waals surface area contributed by atoms with Crippen LogP contribution in [0, 0.1) is 0 Å². The number of ether oxygens (including phenoxy) is 1. The van der Waals surface area contributed by atoms with Crippen molar-refractivity contribution < 1.29 is 18.3 Å². The number of aromatic nitrogens is 2. The van der Waals surface area contributed by atoms with Gasteiger partial charge in [0.2, 0.25) is 0 Å². The average molecular weight is 285 g/mol. The van der Waals surface area contributed by atoms with Gasteiger partial charge in [0.15, 0.2) is 5.82 Å². The Morgan fingerprint density at radius 1 is 1.47 bits per heavy atom. The molecule has 0 aromatic carbocycles. The summed E-state index contributed by atoms with van der Waals surface area (Å²) in [4.78, 5) is 16.6. The van der Waals surface area contributed by atoms with Crippen molar-refractivity contribution in [3.63, 3.8) is 0 Å². The second-order valence-electron chi connectivity index (χ2n) is 3.94. The molecule has 1 aromatic rings. The van der Waals surface area contributed by atoms with E-state index in [2.05, 4.69) is 9.72 Å². The normalized spacial score (nSPS) is 21.7. The highest BCUT2D eigenvalue weighted by atomic mass is 32.2. The summed E-state index contributed by atoms with van der Waals surface area (Å²) in [6, 6.07) is -1.28. The summed E-state index contributed by atoms with van der Waals surface area (Å²) >= 11 is 1.47. The van der Waals surface area contributed by atoms with E-state index in [0.717, 1.165) is 4.90 Å². The highest BCUT2D eigenvalue weighted by Gasteiger charge is 2.41. The third-order valence-corrected chi connectivity index (χ3v) is 3.36. The molecule has 5 nitrogen and oxygen atoms in total. The van der Waals surface area contributed by atoms with Gasteiger partial charge in [-0.3, -0.25) is 0 Å². The molecule has 0 saturated carbocycles. The van der Waals surface area contributed by atoms with Crippen molar-refractivity contribution in [3.05, 3.63) is 22.8 Å². The van der Waals surface area contributed by atoms with Gasteiger partial charge < -0.3 is 9.30 Å². The van der Waals surface area contributed by atoms with Crippen LogP contribution < -0.4 is 4.90 Å². The Morgan fingerprint density at radius 2 is 2.32 bits per heavy atom. The Morgan fingerprint density at radius 3 is 3.11 bits per heavy atom. The molecule has 0 spiro atoms. The highest BCUT2D eigenvalue weighted by molar-refractivity contribution is 8.05. The molecule has 0 radical (unpaired) electrons. The van der Waals surface area contributed by atoms with Crippen molar-refractivity contribution in [2.75, 3.05) is 11.5 Å². The van der Waals surface area contributed by atoms with Crippen LogP contribution in [0.15, 0.2) is 17.0 Å². The Balaban J connectivity index is 1.98. The molecule has 1 aromatic heterocycles. The highest BCUT2D eigenvalue weighted by Crippen LogP contribution is 2.27. The fourth-order valence-electron chi connectivity index (χ4n) is 1.88. The number of nitrogens with zero attached hydrogens (tertiary/aromatic N) is 3. The van der Waals surface area contributed by atoms with Crippen molar-refractivity contribution >= 4 is 35.9 Å². The number of alkyl halides is 2. The number of cyclic esters (lactones) is 1. The molecule has 0 N–H and O–H groups in total. The molecule has 0 aliphatic carbocycles. The standard InChI is InChI=1S/C11H9F2N3O2S/c12-10(13)7-6-18-11(17)16(7)9-5-15-2-4-19-3-1-8(15)14-9/h1-5,7,10H,6H2. The van der Waals surface area contributed by atoms with Crippen LogP contribution in [0.4, 0.5) is 19.4 Å². The maximum atomic E-state index is 12.9. The first-order valence-corrected chi connectivity index (χ1v) is 6.43. The van der Waals surface area contributed by atoms with Gasteiger partial charge in [-0.1, -0.05) is 0 Å². The lowest BCUT2D eigenvalue weighted by molar-refractivity contribution is 0.104. The van der Waals surface area contributed by atoms with Crippen LogP contribution in [0.5, 0.6) is 0 Å². The predicted octanol–water partition coefficient (Wildman–Crippen LogP) is 2.62. The van der Waals surface area contributed by atoms with Gasteiger partial charge in [0.25, 0.3) is 6.43 Å². The van der Waals surface area contributed by atoms with Gasteiger partial charge in [0, 0.05) is 6.20 Å². The molecule has 2 aliphatic rings. The van der Waals surface area contributed by atoms with Gasteiger partial charge in [-0.2, -0.15) is 0 Å². The molecule has 3 heterocycles. The zero-order valence-electron chi connectivity index (χ0n) is 9.57. The van der Waals surface area contributed by atoms with Gasteiger partial charge in [0.05, 0.1) is 6.20 Å². The number of imidazole rings is 1. The molecular formula is C11H9F2N3O2S. The van der Waals surface area contributed by atoms with E-state index >= 15 is 0 Å². The molecule has 19 heavy (non-hydrogen) atoms. The van der Waals surface area contributed by atoms with E-state index < -0.39 is 18.6 Å². The zero-order valence-corrected chi connectivity index (χ0v) is 10.4. The Kier molecular flexibility index (Phi) is 3.02. The number of rotatable bonds is 2. The number of fused-ring (bicyclic) bond motifs is 1. The van der Waals surface area contributed by atoms with Crippen LogP contribution in [0.25, 0.3) is 12.3 Å². The van der Waals surface area contributed by atoms with Crippen molar-refractivity contribution in [1.29, 1.82) is 0 Å². The smallest absolute Gasteiger partial charge is 0.416 e. The molecule has 100 valence electrons. The third kappa shape index (κ3) is 2.12. The summed E-state index contributed by atoms with van der Waals surface area (Å²) in [5.41, 5.74) is 0. The molecule has 1 atom stereocenters. The summed E-state index contributed by atoms with van der Waals surface area (Å²) in [7, 11) is 0. The predicted molar refractivity (Wildman–Crippen MR) is 67.8 cm³/mol. The topological polar surface area (TPSA) is 47.4 Å². The average Bonchev–Trinajstić information content (AvgIpc) is 2.87. The number of carbonyl (C=O) groups is 1. The first-order chi connectivity index (χ1) is 9.16. The van der Waals surface area contributed by atoms with E-state index in [1.165, 1.54) is 18.0 Å². The number of anilines is 1. The van der Waals surface area contributed by atoms with Crippen molar-refractivity contribution in [2.24, 2.45) is 0 Å². The Labute approximate surface area is 111 Å². The summed E-state index contributed by atoms with van der Waals surface area (Å²) in [6.45, 7) is -0.319. The fraction of sp³-hybridized carbons (Fsp3) is 0.273. The van der Waals surface area contributed by atoms with Crippen LogP contribution >= 0.6 is 11.8 Å². The summed E-state index contributed by atoms with van der Waals surface area (Å²) < 4.78 is 32.1. The van der Waals surface area contributed by atoms with Crippen molar-refractivity contribution in [2.45, 2.75) is 12.5 Å². The number of hydrogen-bond acceptors (Lipinski definition) is 4. The van der Waals surface area contributed by atoms with Gasteiger partial charge in [-0.05, 0) is 16.9 Å². The third-order valence-electron chi connectivity index (χ3n) is 2.79. The van der Waals surface area contributed by atoms with E-state index in [0.29, 0.717) is 5.82 Å². The number of carbonyl (C=O) groups excluding carboxylic acids is 1. The first-order valence-electron chi connectivity index (χ1n) is 5.48. The first kappa shape index (κ1) is 12.2. The van der Waals surface area contributed by atoms with Crippen molar-refractivity contribution in [1.82, 2.24) is 9.55 Å². The lowest BCUT2D eigenvalue weighted by Gasteiger charge is -2.17. The monoisotopic (exact) mass is 285 g/mol. The van der Waals surface area contributed by atoms with E-state index in [4.69, 9.17) is 0 Å². The molecule has 1 fully saturated rings. The van der Waals surface area contributed by atoms with E-state index in [1.54, 1.807) is 16.8 Å². The summed E-state index contributed by atoms with van der Waals surface area (Å²) in [5.74, 6) is 0.743. The van der Waals surface area contributed by atoms with Crippen molar-refractivity contribution in [3.8, 4) is 0 Å². The minimum Gasteiger partial charge on any atom is -0.447 e. The number of hydrogen-bond donors (Lipinski definition) is 0. The van der Waals surface area contributed by atoms with Crippen LogP contribution in [-0.4, -0.2) is 34.7 Å².